The average Bonchev–Trinajstić information content (AvgIpc) is 3.71. The SMILES string of the molecule is Cn1c(CN(c2ccc3sc(C(=O)NCCN4CCCC4)cc3c2)S(=O)(=O)c2ccccc2)nc2ccccc21. The highest BCUT2D eigenvalue weighted by Gasteiger charge is 2.27. The standard InChI is InChI=1S/C30H31N5O3S2/c1-33-26-12-6-5-11-25(26)32-29(33)21-35(40(37,38)24-9-3-2-4-10-24)23-13-14-27-22(19-23)20-28(39-27)30(36)31-15-18-34-16-7-8-17-34/h2-6,9-14,19-20H,7-8,15-18,21H2,1H3,(H,31,36). The molecule has 1 fully saturated rings. The molecule has 1 saturated heterocycles. The molecule has 0 radical (unpaired) electrons. The van der Waals surface area contributed by atoms with Crippen LogP contribution in [0.5, 0.6) is 0 Å². The molecule has 40 heavy (non-hydrogen) atoms. The molecule has 6 rings (SSSR count). The number of hydrogen-bond donors (Lipinski definition) is 1. The Morgan fingerprint density at radius 1 is 1.00 bits per heavy atom. The van der Waals surface area contributed by atoms with E-state index in [1.165, 1.54) is 28.5 Å². The van der Waals surface area contributed by atoms with Crippen LogP contribution >= 0.6 is 11.3 Å². The van der Waals surface area contributed by atoms with Gasteiger partial charge in [0.2, 0.25) is 0 Å². The van der Waals surface area contributed by atoms with Crippen molar-refractivity contribution in [3.05, 3.63) is 89.6 Å². The molecular weight excluding hydrogens is 542 g/mol. The van der Waals surface area contributed by atoms with Crippen molar-refractivity contribution in [3.8, 4) is 0 Å². The van der Waals surface area contributed by atoms with Crippen molar-refractivity contribution >= 4 is 54.1 Å². The molecule has 0 aliphatic carbocycles. The van der Waals surface area contributed by atoms with Gasteiger partial charge in [-0.1, -0.05) is 30.3 Å². The van der Waals surface area contributed by atoms with Crippen molar-refractivity contribution in [1.82, 2.24) is 19.8 Å². The van der Waals surface area contributed by atoms with E-state index in [0.717, 1.165) is 40.8 Å². The van der Waals surface area contributed by atoms with Crippen LogP contribution in [0, 0.1) is 0 Å². The summed E-state index contributed by atoms with van der Waals surface area (Å²) in [6, 6.07) is 23.6. The number of aryl methyl sites for hydroxylation is 1. The van der Waals surface area contributed by atoms with Gasteiger partial charge in [0, 0.05) is 24.8 Å². The fourth-order valence-electron chi connectivity index (χ4n) is 5.22. The van der Waals surface area contributed by atoms with Gasteiger partial charge in [-0.05, 0) is 79.8 Å². The Morgan fingerprint density at radius 3 is 2.52 bits per heavy atom. The third kappa shape index (κ3) is 5.22. The summed E-state index contributed by atoms with van der Waals surface area (Å²) in [4.78, 5) is 20.8. The number of rotatable bonds is 9. The Kier molecular flexibility index (Phi) is 7.31. The maximum atomic E-state index is 14.0. The minimum absolute atomic E-state index is 0.0574. The molecule has 1 aliphatic rings. The number of carbonyl (C=O) groups is 1. The number of para-hydroxylation sites is 2. The molecule has 0 saturated carbocycles. The predicted molar refractivity (Wildman–Crippen MR) is 160 cm³/mol. The zero-order valence-electron chi connectivity index (χ0n) is 22.3. The lowest BCUT2D eigenvalue weighted by Gasteiger charge is -2.24. The Bertz CT molecular complexity index is 1770. The second kappa shape index (κ2) is 11.0. The van der Waals surface area contributed by atoms with Crippen LogP contribution < -0.4 is 9.62 Å². The highest BCUT2D eigenvalue weighted by molar-refractivity contribution is 7.92. The molecule has 0 bridgehead atoms. The van der Waals surface area contributed by atoms with Gasteiger partial charge in [0.1, 0.15) is 5.82 Å². The van der Waals surface area contributed by atoms with Gasteiger partial charge in [0.25, 0.3) is 15.9 Å². The second-order valence-corrected chi connectivity index (χ2v) is 13.0. The molecule has 10 heteroatoms. The fourth-order valence-corrected chi connectivity index (χ4v) is 7.61. The van der Waals surface area contributed by atoms with Crippen LogP contribution in [-0.4, -0.2) is 55.0 Å². The van der Waals surface area contributed by atoms with E-state index in [1.807, 2.05) is 54.1 Å². The Hall–Kier alpha value is -3.73. The number of hydrogen-bond acceptors (Lipinski definition) is 6. The number of benzene rings is 3. The lowest BCUT2D eigenvalue weighted by atomic mass is 10.2. The number of likely N-dealkylation sites (tertiary alicyclic amines) is 1. The summed E-state index contributed by atoms with van der Waals surface area (Å²) in [6.07, 6.45) is 2.44. The number of anilines is 1. The fraction of sp³-hybridized carbons (Fsp3) is 0.267. The zero-order chi connectivity index (χ0) is 27.7. The molecular formula is C30H31N5O3S2. The Balaban J connectivity index is 1.32. The number of aromatic nitrogens is 2. The number of carbonyl (C=O) groups excluding carboxylic acids is 1. The normalized spacial score (nSPS) is 14.2. The van der Waals surface area contributed by atoms with Gasteiger partial charge in [0.15, 0.2) is 0 Å². The molecule has 0 spiro atoms. The third-order valence-corrected chi connectivity index (χ3v) is 10.3. The first-order valence-corrected chi connectivity index (χ1v) is 15.7. The van der Waals surface area contributed by atoms with Crippen molar-refractivity contribution in [2.75, 3.05) is 30.5 Å². The molecule has 1 aliphatic heterocycles. The molecule has 0 atom stereocenters. The van der Waals surface area contributed by atoms with E-state index < -0.39 is 10.0 Å². The van der Waals surface area contributed by atoms with Crippen LogP contribution in [0.4, 0.5) is 5.69 Å². The lowest BCUT2D eigenvalue weighted by molar-refractivity contribution is 0.0954. The monoisotopic (exact) mass is 573 g/mol. The van der Waals surface area contributed by atoms with Crippen molar-refractivity contribution in [1.29, 1.82) is 0 Å². The third-order valence-electron chi connectivity index (χ3n) is 7.42. The second-order valence-electron chi connectivity index (χ2n) is 10.0. The first kappa shape index (κ1) is 26.5. The molecule has 1 amide bonds. The maximum absolute atomic E-state index is 14.0. The number of sulfonamides is 1. The van der Waals surface area contributed by atoms with Gasteiger partial charge in [-0.25, -0.2) is 13.4 Å². The number of fused-ring (bicyclic) bond motifs is 2. The van der Waals surface area contributed by atoms with Crippen LogP contribution in [0.15, 0.2) is 83.8 Å². The quantitative estimate of drug-likeness (QED) is 0.268. The van der Waals surface area contributed by atoms with Gasteiger partial charge < -0.3 is 14.8 Å². The van der Waals surface area contributed by atoms with Gasteiger partial charge in [0.05, 0.1) is 33.0 Å². The summed E-state index contributed by atoms with van der Waals surface area (Å²) in [5.41, 5.74) is 2.26. The van der Waals surface area contributed by atoms with E-state index in [-0.39, 0.29) is 17.3 Å². The molecule has 8 nitrogen and oxygen atoms in total. The summed E-state index contributed by atoms with van der Waals surface area (Å²) >= 11 is 1.41. The minimum Gasteiger partial charge on any atom is -0.350 e. The van der Waals surface area contributed by atoms with Crippen molar-refractivity contribution < 1.29 is 13.2 Å². The average molecular weight is 574 g/mol. The molecule has 1 N–H and O–H groups in total. The van der Waals surface area contributed by atoms with Crippen LogP contribution in [0.25, 0.3) is 21.1 Å². The van der Waals surface area contributed by atoms with Crippen LogP contribution in [-0.2, 0) is 23.6 Å². The Labute approximate surface area is 237 Å². The molecule has 2 aromatic heterocycles. The topological polar surface area (TPSA) is 87.5 Å². The van der Waals surface area contributed by atoms with Crippen molar-refractivity contribution in [3.63, 3.8) is 0 Å². The molecule has 206 valence electrons. The van der Waals surface area contributed by atoms with E-state index >= 15 is 0 Å². The largest absolute Gasteiger partial charge is 0.350 e. The van der Waals surface area contributed by atoms with Gasteiger partial charge in [-0.3, -0.25) is 9.10 Å². The smallest absolute Gasteiger partial charge is 0.264 e. The summed E-state index contributed by atoms with van der Waals surface area (Å²) in [5, 5.41) is 3.86. The summed E-state index contributed by atoms with van der Waals surface area (Å²) in [7, 11) is -2.01. The Morgan fingerprint density at radius 2 is 1.75 bits per heavy atom. The van der Waals surface area contributed by atoms with Gasteiger partial charge in [-0.15, -0.1) is 11.3 Å². The first-order valence-electron chi connectivity index (χ1n) is 13.4. The maximum Gasteiger partial charge on any atom is 0.264 e. The summed E-state index contributed by atoms with van der Waals surface area (Å²) in [5.74, 6) is 0.527. The number of amides is 1. The van der Waals surface area contributed by atoms with Crippen molar-refractivity contribution in [2.24, 2.45) is 7.05 Å². The number of nitrogens with zero attached hydrogens (tertiary/aromatic N) is 4. The molecule has 0 unspecified atom stereocenters. The van der Waals surface area contributed by atoms with E-state index in [0.29, 0.717) is 22.9 Å². The number of thiophene rings is 1. The van der Waals surface area contributed by atoms with E-state index in [2.05, 4.69) is 10.2 Å². The van der Waals surface area contributed by atoms with Gasteiger partial charge >= 0.3 is 0 Å². The molecule has 3 heterocycles. The molecule has 5 aromatic rings. The number of nitrogens with one attached hydrogen (secondary N) is 1. The van der Waals surface area contributed by atoms with E-state index in [4.69, 9.17) is 4.98 Å². The van der Waals surface area contributed by atoms with E-state index in [1.54, 1.807) is 36.4 Å². The van der Waals surface area contributed by atoms with Crippen LogP contribution in [0.2, 0.25) is 0 Å². The highest BCUT2D eigenvalue weighted by Crippen LogP contribution is 2.33. The summed E-state index contributed by atoms with van der Waals surface area (Å²) < 4.78 is 32.2. The predicted octanol–water partition coefficient (Wildman–Crippen LogP) is 5.01. The molecule has 3 aromatic carbocycles. The van der Waals surface area contributed by atoms with Crippen molar-refractivity contribution in [2.45, 2.75) is 24.3 Å². The number of imidazole rings is 1. The minimum atomic E-state index is -3.91. The van der Waals surface area contributed by atoms with E-state index in [9.17, 15) is 13.2 Å². The van der Waals surface area contributed by atoms with Crippen LogP contribution in [0.1, 0.15) is 28.3 Å². The van der Waals surface area contributed by atoms with Gasteiger partial charge in [-0.2, -0.15) is 0 Å². The zero-order valence-corrected chi connectivity index (χ0v) is 23.9. The van der Waals surface area contributed by atoms with Crippen LogP contribution in [0.3, 0.4) is 0 Å². The lowest BCUT2D eigenvalue weighted by Crippen LogP contribution is -2.33. The summed E-state index contributed by atoms with van der Waals surface area (Å²) in [6.45, 7) is 3.72. The highest BCUT2D eigenvalue weighted by atomic mass is 32.2. The first-order chi connectivity index (χ1) is 19.4.